The Morgan fingerprint density at radius 2 is 1.83 bits per heavy atom. The van der Waals surface area contributed by atoms with Gasteiger partial charge >= 0.3 is 0 Å². The zero-order valence-corrected chi connectivity index (χ0v) is 14.5. The first-order valence-corrected chi connectivity index (χ1v) is 9.85. The van der Waals surface area contributed by atoms with Gasteiger partial charge in [-0.05, 0) is 24.3 Å². The van der Waals surface area contributed by atoms with E-state index in [1.54, 1.807) is 12.1 Å². The maximum absolute atomic E-state index is 11.2. The van der Waals surface area contributed by atoms with Crippen LogP contribution in [0, 0.1) is 0 Å². The monoisotopic (exact) mass is 364 g/mol. The van der Waals surface area contributed by atoms with Gasteiger partial charge in [0.25, 0.3) is 0 Å². The van der Waals surface area contributed by atoms with Crippen LogP contribution in [-0.2, 0) is 10.0 Å². The number of anilines is 1. The van der Waals surface area contributed by atoms with Crippen LogP contribution in [0.15, 0.2) is 53.9 Å². The highest BCUT2D eigenvalue weighted by Gasteiger charge is 2.08. The predicted molar refractivity (Wildman–Crippen MR) is 96.5 cm³/mol. The first-order valence-electron chi connectivity index (χ1n) is 6.70. The number of sulfonamides is 1. The Balaban J connectivity index is 1.86. The number of thiazole rings is 1. The maximum Gasteiger partial charge on any atom is 0.229 e. The molecule has 23 heavy (non-hydrogen) atoms. The number of rotatable bonds is 4. The molecule has 0 aliphatic heterocycles. The van der Waals surface area contributed by atoms with Crippen LogP contribution in [0.1, 0.15) is 0 Å². The quantitative estimate of drug-likeness (QED) is 0.741. The number of nitrogens with one attached hydrogen (secondary N) is 1. The smallest absolute Gasteiger partial charge is 0.229 e. The summed E-state index contributed by atoms with van der Waals surface area (Å²) in [4.78, 5) is 4.62. The third-order valence-electron chi connectivity index (χ3n) is 3.06. The first kappa shape index (κ1) is 16.0. The van der Waals surface area contributed by atoms with Crippen LogP contribution in [0.5, 0.6) is 0 Å². The van der Waals surface area contributed by atoms with Crippen molar-refractivity contribution in [2.24, 2.45) is 0 Å². The third kappa shape index (κ3) is 4.10. The number of nitrogens with zero attached hydrogens (tertiary/aromatic N) is 1. The Bertz CT molecular complexity index is 935. The molecule has 0 bridgehead atoms. The molecule has 7 heteroatoms. The van der Waals surface area contributed by atoms with Crippen LogP contribution in [0.4, 0.5) is 5.69 Å². The van der Waals surface area contributed by atoms with Gasteiger partial charge in [-0.25, -0.2) is 13.4 Å². The fraction of sp³-hybridized carbons (Fsp3) is 0.0625. The molecule has 4 nitrogen and oxygen atoms in total. The molecule has 0 aliphatic rings. The standard InChI is InChI=1S/C16H13ClN2O2S2/c1-23(20,21)19-14-7-5-11(6-8-14)15-10-22-16(18-15)12-3-2-4-13(17)9-12/h2-10,19H,1H3. The summed E-state index contributed by atoms with van der Waals surface area (Å²) in [6, 6.07) is 14.7. The van der Waals surface area contributed by atoms with Crippen LogP contribution in [0.3, 0.4) is 0 Å². The first-order chi connectivity index (χ1) is 10.9. The molecule has 0 amide bonds. The second-order valence-corrected chi connectivity index (χ2v) is 8.04. The van der Waals surface area contributed by atoms with Gasteiger partial charge in [-0.2, -0.15) is 0 Å². The SMILES string of the molecule is CS(=O)(=O)Nc1ccc(-c2csc(-c3cccc(Cl)c3)n2)cc1. The van der Waals surface area contributed by atoms with Crippen molar-refractivity contribution in [2.45, 2.75) is 0 Å². The summed E-state index contributed by atoms with van der Waals surface area (Å²) in [5.74, 6) is 0. The van der Waals surface area contributed by atoms with E-state index in [9.17, 15) is 8.42 Å². The molecule has 0 spiro atoms. The van der Waals surface area contributed by atoms with Crippen molar-refractivity contribution in [3.63, 3.8) is 0 Å². The van der Waals surface area contributed by atoms with Crippen molar-refractivity contribution >= 4 is 38.6 Å². The molecule has 118 valence electrons. The number of halogens is 1. The lowest BCUT2D eigenvalue weighted by Gasteiger charge is -2.04. The fourth-order valence-corrected chi connectivity index (χ4v) is 3.66. The second-order valence-electron chi connectivity index (χ2n) is 5.00. The Labute approximate surface area is 143 Å². The summed E-state index contributed by atoms with van der Waals surface area (Å²) in [5, 5.41) is 3.53. The minimum Gasteiger partial charge on any atom is -0.284 e. The normalized spacial score (nSPS) is 11.4. The summed E-state index contributed by atoms with van der Waals surface area (Å²) in [6.45, 7) is 0. The Morgan fingerprint density at radius 1 is 1.09 bits per heavy atom. The topological polar surface area (TPSA) is 59.1 Å². The van der Waals surface area contributed by atoms with Gasteiger partial charge in [0.1, 0.15) is 5.01 Å². The minimum absolute atomic E-state index is 0.529. The molecule has 0 saturated carbocycles. The van der Waals surface area contributed by atoms with Crippen LogP contribution in [0.2, 0.25) is 5.02 Å². The molecule has 0 radical (unpaired) electrons. The average Bonchev–Trinajstić information content (AvgIpc) is 2.96. The minimum atomic E-state index is -3.27. The van der Waals surface area contributed by atoms with E-state index in [2.05, 4.69) is 9.71 Å². The number of benzene rings is 2. The highest BCUT2D eigenvalue weighted by atomic mass is 35.5. The summed E-state index contributed by atoms with van der Waals surface area (Å²) in [5.41, 5.74) is 3.27. The van der Waals surface area contributed by atoms with Crippen LogP contribution < -0.4 is 4.72 Å². The summed E-state index contributed by atoms with van der Waals surface area (Å²) < 4.78 is 24.9. The molecular formula is C16H13ClN2O2S2. The highest BCUT2D eigenvalue weighted by molar-refractivity contribution is 7.92. The fourth-order valence-electron chi connectivity index (χ4n) is 2.08. The molecule has 1 aromatic heterocycles. The largest absolute Gasteiger partial charge is 0.284 e. The van der Waals surface area contributed by atoms with Gasteiger partial charge in [0.05, 0.1) is 11.9 Å². The van der Waals surface area contributed by atoms with Gasteiger partial charge < -0.3 is 0 Å². The van der Waals surface area contributed by atoms with Gasteiger partial charge in [0.15, 0.2) is 0 Å². The van der Waals surface area contributed by atoms with E-state index in [0.29, 0.717) is 10.7 Å². The van der Waals surface area contributed by atoms with E-state index in [1.165, 1.54) is 11.3 Å². The molecule has 1 heterocycles. The van der Waals surface area contributed by atoms with Crippen molar-refractivity contribution in [3.8, 4) is 21.8 Å². The summed E-state index contributed by atoms with van der Waals surface area (Å²) in [7, 11) is -3.27. The Hall–Kier alpha value is -1.89. The summed E-state index contributed by atoms with van der Waals surface area (Å²) >= 11 is 7.55. The molecule has 3 rings (SSSR count). The number of hydrogen-bond acceptors (Lipinski definition) is 4. The van der Waals surface area contributed by atoms with Gasteiger partial charge in [-0.15, -0.1) is 11.3 Å². The molecule has 1 N–H and O–H groups in total. The van der Waals surface area contributed by atoms with E-state index in [4.69, 9.17) is 11.6 Å². The molecule has 2 aromatic carbocycles. The lowest BCUT2D eigenvalue weighted by molar-refractivity contribution is 0.607. The lowest BCUT2D eigenvalue weighted by atomic mass is 10.1. The highest BCUT2D eigenvalue weighted by Crippen LogP contribution is 2.30. The van der Waals surface area contributed by atoms with E-state index in [-0.39, 0.29) is 0 Å². The van der Waals surface area contributed by atoms with E-state index >= 15 is 0 Å². The molecule has 3 aromatic rings. The summed E-state index contributed by atoms with van der Waals surface area (Å²) in [6.07, 6.45) is 1.12. The van der Waals surface area contributed by atoms with E-state index in [0.717, 1.165) is 28.1 Å². The Kier molecular flexibility index (Phi) is 4.39. The van der Waals surface area contributed by atoms with Crippen LogP contribution >= 0.6 is 22.9 Å². The molecule has 0 unspecified atom stereocenters. The third-order valence-corrected chi connectivity index (χ3v) is 4.79. The second kappa shape index (κ2) is 6.31. The number of aromatic nitrogens is 1. The lowest BCUT2D eigenvalue weighted by Crippen LogP contribution is -2.09. The number of hydrogen-bond donors (Lipinski definition) is 1. The zero-order valence-electron chi connectivity index (χ0n) is 12.2. The maximum atomic E-state index is 11.2. The van der Waals surface area contributed by atoms with Crippen molar-refractivity contribution in [3.05, 3.63) is 58.9 Å². The van der Waals surface area contributed by atoms with Crippen LogP contribution in [-0.4, -0.2) is 19.7 Å². The molecule has 0 atom stereocenters. The van der Waals surface area contributed by atoms with Gasteiger partial charge in [-0.3, -0.25) is 4.72 Å². The predicted octanol–water partition coefficient (Wildman–Crippen LogP) is 4.50. The molecule has 0 fully saturated rings. The zero-order chi connectivity index (χ0) is 16.4. The average molecular weight is 365 g/mol. The van der Waals surface area contributed by atoms with Gasteiger partial charge in [0, 0.05) is 27.2 Å². The Morgan fingerprint density at radius 3 is 2.48 bits per heavy atom. The van der Waals surface area contributed by atoms with Crippen molar-refractivity contribution in [2.75, 3.05) is 11.0 Å². The van der Waals surface area contributed by atoms with Crippen molar-refractivity contribution < 1.29 is 8.42 Å². The van der Waals surface area contributed by atoms with Gasteiger partial charge in [0.2, 0.25) is 10.0 Å². The van der Waals surface area contributed by atoms with Gasteiger partial charge in [-0.1, -0.05) is 35.9 Å². The molecule has 0 saturated heterocycles. The van der Waals surface area contributed by atoms with Crippen molar-refractivity contribution in [1.82, 2.24) is 4.98 Å². The molecular weight excluding hydrogens is 352 g/mol. The molecule has 0 aliphatic carbocycles. The van der Waals surface area contributed by atoms with E-state index in [1.807, 2.05) is 41.8 Å². The van der Waals surface area contributed by atoms with E-state index < -0.39 is 10.0 Å². The van der Waals surface area contributed by atoms with Crippen LogP contribution in [0.25, 0.3) is 21.8 Å². The van der Waals surface area contributed by atoms with Crippen molar-refractivity contribution in [1.29, 1.82) is 0 Å².